The SMILES string of the molecule is COC(=O)[C@H](C)NC(=O)c1sc(Cl)c(Cl)c1Cl. The van der Waals surface area contributed by atoms with E-state index >= 15 is 0 Å². The predicted molar refractivity (Wildman–Crippen MR) is 68.3 cm³/mol. The molecule has 0 spiro atoms. The summed E-state index contributed by atoms with van der Waals surface area (Å²) < 4.78 is 4.70. The third-order valence-electron chi connectivity index (χ3n) is 1.86. The van der Waals surface area contributed by atoms with Gasteiger partial charge in [-0.3, -0.25) is 4.79 Å². The number of methoxy groups -OCH3 is 1. The lowest BCUT2D eigenvalue weighted by Gasteiger charge is -2.10. The number of carbonyl (C=O) groups excluding carboxylic acids is 2. The Hall–Kier alpha value is -0.490. The third kappa shape index (κ3) is 3.25. The second-order valence-corrected chi connectivity index (χ2v) is 5.43. The smallest absolute Gasteiger partial charge is 0.328 e. The lowest BCUT2D eigenvalue weighted by atomic mass is 10.3. The van der Waals surface area contributed by atoms with Crippen molar-refractivity contribution >= 4 is 58.0 Å². The van der Waals surface area contributed by atoms with E-state index in [4.69, 9.17) is 34.8 Å². The van der Waals surface area contributed by atoms with Crippen molar-refractivity contribution in [1.29, 1.82) is 0 Å². The molecule has 0 aliphatic heterocycles. The van der Waals surface area contributed by atoms with E-state index in [9.17, 15) is 9.59 Å². The average Bonchev–Trinajstić information content (AvgIpc) is 2.55. The molecule has 0 aliphatic carbocycles. The van der Waals surface area contributed by atoms with Crippen molar-refractivity contribution in [2.24, 2.45) is 0 Å². The summed E-state index contributed by atoms with van der Waals surface area (Å²) in [6.07, 6.45) is 0. The molecule has 0 fully saturated rings. The molecule has 1 atom stereocenters. The number of hydrogen-bond acceptors (Lipinski definition) is 4. The van der Waals surface area contributed by atoms with Crippen LogP contribution in [0, 0.1) is 0 Å². The number of rotatable bonds is 3. The van der Waals surface area contributed by atoms with Crippen LogP contribution in [0.3, 0.4) is 0 Å². The quantitative estimate of drug-likeness (QED) is 0.872. The van der Waals surface area contributed by atoms with Gasteiger partial charge in [-0.05, 0) is 6.92 Å². The molecule has 4 nitrogen and oxygen atoms in total. The van der Waals surface area contributed by atoms with Crippen molar-refractivity contribution in [3.63, 3.8) is 0 Å². The van der Waals surface area contributed by atoms with Crippen LogP contribution >= 0.6 is 46.1 Å². The first kappa shape index (κ1) is 14.6. The minimum Gasteiger partial charge on any atom is -0.467 e. The minimum absolute atomic E-state index is 0.0798. The molecule has 0 aromatic carbocycles. The van der Waals surface area contributed by atoms with Crippen LogP contribution in [0.5, 0.6) is 0 Å². The van der Waals surface area contributed by atoms with Crippen molar-refractivity contribution in [2.45, 2.75) is 13.0 Å². The number of ether oxygens (including phenoxy) is 1. The van der Waals surface area contributed by atoms with E-state index in [1.807, 2.05) is 0 Å². The number of thiophene rings is 1. The van der Waals surface area contributed by atoms with Crippen LogP contribution in [0.4, 0.5) is 0 Å². The molecule has 94 valence electrons. The second-order valence-electron chi connectivity index (χ2n) is 3.05. The first-order valence-corrected chi connectivity index (χ1v) is 6.35. The Morgan fingerprint density at radius 2 is 1.88 bits per heavy atom. The number of esters is 1. The van der Waals surface area contributed by atoms with E-state index in [1.165, 1.54) is 14.0 Å². The fourth-order valence-electron chi connectivity index (χ4n) is 1.01. The normalized spacial score (nSPS) is 12.1. The van der Waals surface area contributed by atoms with E-state index < -0.39 is 17.9 Å². The topological polar surface area (TPSA) is 55.4 Å². The van der Waals surface area contributed by atoms with Crippen LogP contribution in [0.1, 0.15) is 16.6 Å². The average molecular weight is 317 g/mol. The van der Waals surface area contributed by atoms with Gasteiger partial charge in [-0.25, -0.2) is 4.79 Å². The molecule has 8 heteroatoms. The van der Waals surface area contributed by atoms with Crippen LogP contribution < -0.4 is 5.32 Å². The standard InChI is InChI=1S/C9H8Cl3NO3S/c1-3(9(15)16-2)13-8(14)6-4(10)5(11)7(12)17-6/h3H,1-2H3,(H,13,14)/t3-/m0/s1. The summed E-state index contributed by atoms with van der Waals surface area (Å²) in [7, 11) is 1.23. The maximum atomic E-state index is 11.8. The molecule has 1 aromatic heterocycles. The van der Waals surface area contributed by atoms with Crippen molar-refractivity contribution in [2.75, 3.05) is 7.11 Å². The number of amides is 1. The Labute approximate surface area is 117 Å². The monoisotopic (exact) mass is 315 g/mol. The molecule has 1 aromatic rings. The molecule has 0 aliphatic rings. The van der Waals surface area contributed by atoms with Crippen molar-refractivity contribution in [3.8, 4) is 0 Å². The molecule has 0 radical (unpaired) electrons. The van der Waals surface area contributed by atoms with Crippen molar-refractivity contribution in [3.05, 3.63) is 19.3 Å². The highest BCUT2D eigenvalue weighted by Gasteiger charge is 2.23. The van der Waals surface area contributed by atoms with E-state index in [0.29, 0.717) is 0 Å². The Morgan fingerprint density at radius 1 is 1.29 bits per heavy atom. The molecule has 0 saturated carbocycles. The van der Waals surface area contributed by atoms with Gasteiger partial charge in [0.05, 0.1) is 17.2 Å². The summed E-state index contributed by atoms with van der Waals surface area (Å²) in [6.45, 7) is 1.49. The van der Waals surface area contributed by atoms with E-state index in [1.54, 1.807) is 0 Å². The molecule has 0 bridgehead atoms. The Morgan fingerprint density at radius 3 is 2.29 bits per heavy atom. The van der Waals surface area contributed by atoms with Gasteiger partial charge in [0.25, 0.3) is 5.91 Å². The molecule has 0 saturated heterocycles. The zero-order chi connectivity index (χ0) is 13.2. The highest BCUT2D eigenvalue weighted by molar-refractivity contribution is 7.19. The number of hydrogen-bond donors (Lipinski definition) is 1. The van der Waals surface area contributed by atoms with Crippen molar-refractivity contribution in [1.82, 2.24) is 5.32 Å². The highest BCUT2D eigenvalue weighted by Crippen LogP contribution is 2.40. The van der Waals surface area contributed by atoms with Gasteiger partial charge in [-0.2, -0.15) is 0 Å². The minimum atomic E-state index is -0.775. The highest BCUT2D eigenvalue weighted by atomic mass is 35.5. The van der Waals surface area contributed by atoms with Gasteiger partial charge in [0.1, 0.15) is 15.3 Å². The molecule has 17 heavy (non-hydrogen) atoms. The first-order valence-electron chi connectivity index (χ1n) is 4.40. The Bertz CT molecular complexity index is 461. The number of carbonyl (C=O) groups is 2. The predicted octanol–water partition coefficient (Wildman–Crippen LogP) is 3.00. The Kier molecular flexibility index (Phi) is 5.06. The summed E-state index contributed by atoms with van der Waals surface area (Å²) in [5.74, 6) is -1.07. The van der Waals surface area contributed by atoms with Gasteiger partial charge in [0.2, 0.25) is 0 Å². The lowest BCUT2D eigenvalue weighted by molar-refractivity contribution is -0.142. The zero-order valence-corrected chi connectivity index (χ0v) is 11.9. The maximum absolute atomic E-state index is 11.8. The molecule has 0 unspecified atom stereocenters. The van der Waals surface area contributed by atoms with E-state index in [-0.39, 0.29) is 19.3 Å². The third-order valence-corrected chi connectivity index (χ3v) is 4.44. The van der Waals surface area contributed by atoms with Crippen LogP contribution in [-0.4, -0.2) is 25.0 Å². The zero-order valence-electron chi connectivity index (χ0n) is 8.84. The number of nitrogens with one attached hydrogen (secondary N) is 1. The van der Waals surface area contributed by atoms with Gasteiger partial charge in [0, 0.05) is 0 Å². The largest absolute Gasteiger partial charge is 0.467 e. The summed E-state index contributed by atoms with van der Waals surface area (Å²) >= 11 is 18.2. The summed E-state index contributed by atoms with van der Waals surface area (Å²) in [5.41, 5.74) is 0. The maximum Gasteiger partial charge on any atom is 0.328 e. The molecule has 1 amide bonds. The van der Waals surface area contributed by atoms with Gasteiger partial charge < -0.3 is 10.1 Å². The van der Waals surface area contributed by atoms with Gasteiger partial charge in [-0.1, -0.05) is 34.8 Å². The lowest BCUT2D eigenvalue weighted by Crippen LogP contribution is -2.38. The van der Waals surface area contributed by atoms with Crippen LogP contribution in [-0.2, 0) is 9.53 Å². The van der Waals surface area contributed by atoms with Crippen LogP contribution in [0.2, 0.25) is 14.4 Å². The Balaban J connectivity index is 2.84. The van der Waals surface area contributed by atoms with Gasteiger partial charge in [-0.15, -0.1) is 11.3 Å². The molecular weight excluding hydrogens is 309 g/mol. The van der Waals surface area contributed by atoms with E-state index in [2.05, 4.69) is 10.1 Å². The number of halogens is 3. The van der Waals surface area contributed by atoms with Crippen molar-refractivity contribution < 1.29 is 14.3 Å². The van der Waals surface area contributed by atoms with Crippen LogP contribution in [0.15, 0.2) is 0 Å². The molecule has 1 rings (SSSR count). The van der Waals surface area contributed by atoms with E-state index in [0.717, 1.165) is 11.3 Å². The second kappa shape index (κ2) is 5.91. The molecule has 1 N–H and O–H groups in total. The summed E-state index contributed by atoms with van der Waals surface area (Å²) in [4.78, 5) is 23.0. The molecule has 1 heterocycles. The summed E-state index contributed by atoms with van der Waals surface area (Å²) in [6, 6.07) is -0.775. The van der Waals surface area contributed by atoms with Gasteiger partial charge >= 0.3 is 5.97 Å². The van der Waals surface area contributed by atoms with Crippen LogP contribution in [0.25, 0.3) is 0 Å². The fourth-order valence-corrected chi connectivity index (χ4v) is 2.72. The van der Waals surface area contributed by atoms with Gasteiger partial charge in [0.15, 0.2) is 0 Å². The fraction of sp³-hybridized carbons (Fsp3) is 0.333. The first-order chi connectivity index (χ1) is 7.88. The summed E-state index contributed by atoms with van der Waals surface area (Å²) in [5, 5.41) is 2.64. The molecular formula is C9H8Cl3NO3S.